The fourth-order valence-corrected chi connectivity index (χ4v) is 1.83. The minimum Gasteiger partial charge on any atom is -0.457 e. The third-order valence-corrected chi connectivity index (χ3v) is 3.13. The molecule has 1 unspecified atom stereocenters. The normalized spacial score (nSPS) is 11.8. The molecule has 21 heavy (non-hydrogen) atoms. The molecule has 0 bridgehead atoms. The highest BCUT2D eigenvalue weighted by atomic mass is 35.5. The predicted molar refractivity (Wildman–Crippen MR) is 78.7 cm³/mol. The van der Waals surface area contributed by atoms with Gasteiger partial charge in [0.25, 0.3) is 5.91 Å². The molecule has 1 N–H and O–H groups in total. The lowest BCUT2D eigenvalue weighted by Crippen LogP contribution is -2.30. The van der Waals surface area contributed by atoms with Crippen LogP contribution in [0.5, 0.6) is 0 Å². The second kappa shape index (κ2) is 6.65. The van der Waals surface area contributed by atoms with Crippen LogP contribution >= 0.6 is 23.2 Å². The monoisotopic (exact) mass is 327 g/mol. The molecule has 0 spiro atoms. The highest BCUT2D eigenvalue weighted by molar-refractivity contribution is 6.35. The fourth-order valence-electron chi connectivity index (χ4n) is 1.49. The summed E-state index contributed by atoms with van der Waals surface area (Å²) in [7, 11) is 0. The number of carbonyl (C=O) groups is 2. The van der Waals surface area contributed by atoms with Gasteiger partial charge in [-0.3, -0.25) is 4.79 Å². The van der Waals surface area contributed by atoms with Crippen LogP contribution in [0.15, 0.2) is 41.0 Å². The quantitative estimate of drug-likeness (QED) is 0.868. The lowest BCUT2D eigenvalue weighted by Gasteiger charge is -2.13. The number of carbonyl (C=O) groups excluding carboxylic acids is 2. The molecule has 7 heteroatoms. The summed E-state index contributed by atoms with van der Waals surface area (Å²) in [5.74, 6) is -1.23. The van der Waals surface area contributed by atoms with Gasteiger partial charge >= 0.3 is 5.97 Å². The molecule has 2 aromatic rings. The van der Waals surface area contributed by atoms with Crippen molar-refractivity contribution in [3.8, 4) is 0 Å². The van der Waals surface area contributed by atoms with Gasteiger partial charge in [0.05, 0.1) is 17.0 Å². The van der Waals surface area contributed by atoms with Crippen LogP contribution in [-0.2, 0) is 9.53 Å². The Morgan fingerprint density at radius 2 is 2.05 bits per heavy atom. The van der Waals surface area contributed by atoms with E-state index in [9.17, 15) is 9.59 Å². The maximum atomic E-state index is 12.0. The molecule has 0 aliphatic heterocycles. The molecule has 0 saturated carbocycles. The van der Waals surface area contributed by atoms with Crippen LogP contribution in [0.3, 0.4) is 0 Å². The molecule has 0 fully saturated rings. The highest BCUT2D eigenvalue weighted by Gasteiger charge is 2.21. The van der Waals surface area contributed by atoms with Gasteiger partial charge in [-0.25, -0.2) is 4.79 Å². The van der Waals surface area contributed by atoms with Gasteiger partial charge in [-0.1, -0.05) is 23.2 Å². The summed E-state index contributed by atoms with van der Waals surface area (Å²) in [5, 5.41) is 3.29. The van der Waals surface area contributed by atoms with Gasteiger partial charge in [0.1, 0.15) is 0 Å². The number of hydrogen-bond acceptors (Lipinski definition) is 4. The first-order valence-corrected chi connectivity index (χ1v) is 6.73. The Morgan fingerprint density at radius 3 is 2.71 bits per heavy atom. The molecule has 1 heterocycles. The van der Waals surface area contributed by atoms with Crippen LogP contribution < -0.4 is 5.32 Å². The Labute approximate surface area is 130 Å². The minimum absolute atomic E-state index is 0.0236. The largest absolute Gasteiger partial charge is 0.457 e. The summed E-state index contributed by atoms with van der Waals surface area (Å²) in [6, 6.07) is 7.65. The maximum Gasteiger partial charge on any atom is 0.374 e. The second-order valence-corrected chi connectivity index (χ2v) is 4.98. The van der Waals surface area contributed by atoms with Gasteiger partial charge in [-0.05, 0) is 37.3 Å². The van der Waals surface area contributed by atoms with Gasteiger partial charge in [0.2, 0.25) is 5.76 Å². The van der Waals surface area contributed by atoms with E-state index in [1.165, 1.54) is 25.3 Å². The SMILES string of the molecule is CC(OC(=O)c1ccco1)C(=O)Nc1cc(Cl)ccc1Cl. The molecule has 0 aliphatic carbocycles. The zero-order valence-electron chi connectivity index (χ0n) is 10.9. The molecule has 1 amide bonds. The van der Waals surface area contributed by atoms with E-state index in [4.69, 9.17) is 32.4 Å². The van der Waals surface area contributed by atoms with Crippen molar-refractivity contribution < 1.29 is 18.7 Å². The van der Waals surface area contributed by atoms with E-state index in [1.807, 2.05) is 0 Å². The molecule has 5 nitrogen and oxygen atoms in total. The standard InChI is InChI=1S/C14H11Cl2NO4/c1-8(21-14(19)12-3-2-6-20-12)13(18)17-11-7-9(15)4-5-10(11)16/h2-8H,1H3,(H,17,18). The predicted octanol–water partition coefficient (Wildman–Crippen LogP) is 3.77. The molecule has 1 atom stereocenters. The summed E-state index contributed by atoms with van der Waals surface area (Å²) in [6.45, 7) is 1.44. The number of rotatable bonds is 4. The number of nitrogens with one attached hydrogen (secondary N) is 1. The number of hydrogen-bond donors (Lipinski definition) is 1. The van der Waals surface area contributed by atoms with E-state index in [0.29, 0.717) is 15.7 Å². The lowest BCUT2D eigenvalue weighted by atomic mass is 10.3. The van der Waals surface area contributed by atoms with Crippen LogP contribution in [-0.4, -0.2) is 18.0 Å². The van der Waals surface area contributed by atoms with Crippen molar-refractivity contribution in [3.05, 3.63) is 52.4 Å². The van der Waals surface area contributed by atoms with Crippen molar-refractivity contribution in [2.24, 2.45) is 0 Å². The topological polar surface area (TPSA) is 68.5 Å². The summed E-state index contributed by atoms with van der Waals surface area (Å²) < 4.78 is 9.86. The molecule has 1 aromatic carbocycles. The van der Waals surface area contributed by atoms with Crippen LogP contribution in [0.25, 0.3) is 0 Å². The van der Waals surface area contributed by atoms with Gasteiger partial charge < -0.3 is 14.5 Å². The zero-order chi connectivity index (χ0) is 15.4. The highest BCUT2D eigenvalue weighted by Crippen LogP contribution is 2.25. The Hall–Kier alpha value is -1.98. The van der Waals surface area contributed by atoms with Gasteiger partial charge in [-0.15, -0.1) is 0 Å². The first-order chi connectivity index (χ1) is 9.97. The first-order valence-electron chi connectivity index (χ1n) is 5.98. The lowest BCUT2D eigenvalue weighted by molar-refractivity contribution is -0.123. The number of benzene rings is 1. The van der Waals surface area contributed by atoms with Crippen molar-refractivity contribution in [3.63, 3.8) is 0 Å². The number of furan rings is 1. The van der Waals surface area contributed by atoms with Crippen molar-refractivity contribution in [1.82, 2.24) is 0 Å². The zero-order valence-corrected chi connectivity index (χ0v) is 12.4. The molecule has 0 saturated heterocycles. The summed E-state index contributed by atoms with van der Waals surface area (Å²) in [6.07, 6.45) is 0.324. The number of amides is 1. The van der Waals surface area contributed by atoms with Crippen molar-refractivity contribution in [1.29, 1.82) is 0 Å². The van der Waals surface area contributed by atoms with E-state index >= 15 is 0 Å². The van der Waals surface area contributed by atoms with Crippen molar-refractivity contribution in [2.45, 2.75) is 13.0 Å². The van der Waals surface area contributed by atoms with E-state index in [0.717, 1.165) is 0 Å². The van der Waals surface area contributed by atoms with E-state index < -0.39 is 18.0 Å². The minimum atomic E-state index is -1.02. The Bertz CT molecular complexity index is 655. The van der Waals surface area contributed by atoms with E-state index in [2.05, 4.69) is 5.32 Å². The molecular formula is C14H11Cl2NO4. The molecular weight excluding hydrogens is 317 g/mol. The van der Waals surface area contributed by atoms with Crippen molar-refractivity contribution in [2.75, 3.05) is 5.32 Å². The molecule has 0 aliphatic rings. The van der Waals surface area contributed by atoms with Crippen LogP contribution in [0.4, 0.5) is 5.69 Å². The van der Waals surface area contributed by atoms with Gasteiger partial charge in [0, 0.05) is 5.02 Å². The number of esters is 1. The second-order valence-electron chi connectivity index (χ2n) is 4.14. The average Bonchev–Trinajstić information content (AvgIpc) is 2.97. The molecule has 110 valence electrons. The number of ether oxygens (including phenoxy) is 1. The number of halogens is 2. The Morgan fingerprint density at radius 1 is 1.29 bits per heavy atom. The summed E-state index contributed by atoms with van der Waals surface area (Å²) in [5.41, 5.74) is 0.343. The molecule has 2 rings (SSSR count). The molecule has 0 radical (unpaired) electrons. The first kappa shape index (κ1) is 15.4. The third kappa shape index (κ3) is 4.00. The summed E-state index contributed by atoms with van der Waals surface area (Å²) in [4.78, 5) is 23.6. The third-order valence-electron chi connectivity index (χ3n) is 2.56. The van der Waals surface area contributed by atoms with E-state index in [-0.39, 0.29) is 5.76 Å². The fraction of sp³-hybridized carbons (Fsp3) is 0.143. The Kier molecular flexibility index (Phi) is 4.88. The molecule has 1 aromatic heterocycles. The van der Waals surface area contributed by atoms with Crippen LogP contribution in [0, 0.1) is 0 Å². The van der Waals surface area contributed by atoms with E-state index in [1.54, 1.807) is 18.2 Å². The maximum absolute atomic E-state index is 12.0. The van der Waals surface area contributed by atoms with Gasteiger partial charge in [0.15, 0.2) is 6.10 Å². The van der Waals surface area contributed by atoms with Gasteiger partial charge in [-0.2, -0.15) is 0 Å². The Balaban J connectivity index is 1.99. The number of anilines is 1. The summed E-state index contributed by atoms with van der Waals surface area (Å²) >= 11 is 11.8. The van der Waals surface area contributed by atoms with Crippen LogP contribution in [0.1, 0.15) is 17.5 Å². The van der Waals surface area contributed by atoms with Crippen LogP contribution in [0.2, 0.25) is 10.0 Å². The smallest absolute Gasteiger partial charge is 0.374 e. The van der Waals surface area contributed by atoms with Crippen molar-refractivity contribution >= 4 is 40.8 Å². The average molecular weight is 328 g/mol.